The predicted octanol–water partition coefficient (Wildman–Crippen LogP) is 2.35. The van der Waals surface area contributed by atoms with Crippen molar-refractivity contribution in [3.8, 4) is 0 Å². The lowest BCUT2D eigenvalue weighted by molar-refractivity contribution is -0.161. The molecule has 0 spiro atoms. The van der Waals surface area contributed by atoms with Crippen LogP contribution in [-0.4, -0.2) is 38.0 Å². The summed E-state index contributed by atoms with van der Waals surface area (Å²) in [7, 11) is 0. The molecule has 0 amide bonds. The van der Waals surface area contributed by atoms with Crippen molar-refractivity contribution in [2.24, 2.45) is 0 Å². The third-order valence-corrected chi connectivity index (χ3v) is 3.08. The molecule has 0 bridgehead atoms. The maximum absolute atomic E-state index is 6.06. The largest absolute Gasteiger partial charge is 0.376 e. The van der Waals surface area contributed by atoms with Crippen molar-refractivity contribution in [2.45, 2.75) is 64.7 Å². The maximum atomic E-state index is 6.06. The number of nitrogens with one attached hydrogen (secondary N) is 1. The second-order valence-corrected chi connectivity index (χ2v) is 4.59. The Morgan fingerprint density at radius 3 is 2.44 bits per heavy atom. The topological polar surface area (TPSA) is 30.5 Å². The van der Waals surface area contributed by atoms with Crippen LogP contribution >= 0.6 is 0 Å². The van der Waals surface area contributed by atoms with E-state index in [4.69, 9.17) is 9.47 Å². The highest BCUT2D eigenvalue weighted by Crippen LogP contribution is 2.16. The summed E-state index contributed by atoms with van der Waals surface area (Å²) >= 11 is 0. The van der Waals surface area contributed by atoms with Crippen LogP contribution in [0.25, 0.3) is 0 Å². The van der Waals surface area contributed by atoms with Gasteiger partial charge in [0.1, 0.15) is 6.10 Å². The molecule has 1 saturated heterocycles. The summed E-state index contributed by atoms with van der Waals surface area (Å²) < 4.78 is 11.2. The molecule has 0 radical (unpaired) electrons. The number of ether oxygens (including phenoxy) is 2. The lowest BCUT2D eigenvalue weighted by Crippen LogP contribution is -2.47. The Morgan fingerprint density at radius 1 is 1.25 bits per heavy atom. The molecule has 0 saturated carbocycles. The first-order valence-corrected chi connectivity index (χ1v) is 6.78. The zero-order chi connectivity index (χ0) is 11.8. The Labute approximate surface area is 99.9 Å². The van der Waals surface area contributed by atoms with Gasteiger partial charge in [-0.05, 0) is 25.8 Å². The van der Waals surface area contributed by atoms with Gasteiger partial charge < -0.3 is 14.8 Å². The summed E-state index contributed by atoms with van der Waals surface area (Å²) in [6.07, 6.45) is 5.36. The highest BCUT2D eigenvalue weighted by molar-refractivity contribution is 4.78. The SMILES string of the molecule is CCCNC(CCC)C(CC)OC1COC1. The lowest BCUT2D eigenvalue weighted by Gasteiger charge is -2.34. The molecule has 2 atom stereocenters. The van der Waals surface area contributed by atoms with E-state index in [-0.39, 0.29) is 0 Å². The number of rotatable bonds is 9. The van der Waals surface area contributed by atoms with Gasteiger partial charge in [-0.2, -0.15) is 0 Å². The second-order valence-electron chi connectivity index (χ2n) is 4.59. The van der Waals surface area contributed by atoms with Crippen LogP contribution in [0.3, 0.4) is 0 Å². The van der Waals surface area contributed by atoms with E-state index in [0.717, 1.165) is 26.2 Å². The summed E-state index contributed by atoms with van der Waals surface area (Å²) in [5.41, 5.74) is 0. The molecule has 3 nitrogen and oxygen atoms in total. The smallest absolute Gasteiger partial charge is 0.105 e. The van der Waals surface area contributed by atoms with Crippen LogP contribution < -0.4 is 5.32 Å². The van der Waals surface area contributed by atoms with Gasteiger partial charge in [-0.15, -0.1) is 0 Å². The molecule has 0 aromatic heterocycles. The van der Waals surface area contributed by atoms with Crippen LogP contribution in [0.2, 0.25) is 0 Å². The minimum Gasteiger partial charge on any atom is -0.376 e. The zero-order valence-corrected chi connectivity index (χ0v) is 11.0. The molecule has 0 aromatic carbocycles. The molecule has 16 heavy (non-hydrogen) atoms. The average molecular weight is 229 g/mol. The average Bonchev–Trinajstić information content (AvgIpc) is 2.24. The molecule has 1 heterocycles. The molecule has 1 aliphatic heterocycles. The van der Waals surface area contributed by atoms with E-state index in [1.807, 2.05) is 0 Å². The third-order valence-electron chi connectivity index (χ3n) is 3.08. The van der Waals surface area contributed by atoms with Gasteiger partial charge in [-0.25, -0.2) is 0 Å². The van der Waals surface area contributed by atoms with Gasteiger partial charge in [-0.3, -0.25) is 0 Å². The van der Waals surface area contributed by atoms with E-state index in [2.05, 4.69) is 26.1 Å². The van der Waals surface area contributed by atoms with Crippen molar-refractivity contribution in [1.82, 2.24) is 5.32 Å². The van der Waals surface area contributed by atoms with Crippen LogP contribution in [0, 0.1) is 0 Å². The predicted molar refractivity (Wildman–Crippen MR) is 66.8 cm³/mol. The fourth-order valence-electron chi connectivity index (χ4n) is 2.08. The molecule has 3 heteroatoms. The molecule has 0 aromatic rings. The summed E-state index contributed by atoms with van der Waals surface area (Å²) in [4.78, 5) is 0. The maximum Gasteiger partial charge on any atom is 0.105 e. The van der Waals surface area contributed by atoms with Gasteiger partial charge in [0.25, 0.3) is 0 Å². The Bertz CT molecular complexity index is 171. The highest BCUT2D eigenvalue weighted by Gasteiger charge is 2.27. The molecule has 1 fully saturated rings. The van der Waals surface area contributed by atoms with Gasteiger partial charge in [-0.1, -0.05) is 27.2 Å². The first-order chi connectivity index (χ1) is 7.81. The molecule has 96 valence electrons. The molecular weight excluding hydrogens is 202 g/mol. The van der Waals surface area contributed by atoms with Crippen LogP contribution in [-0.2, 0) is 9.47 Å². The summed E-state index contributed by atoms with van der Waals surface area (Å²) in [5, 5.41) is 3.61. The van der Waals surface area contributed by atoms with E-state index in [0.29, 0.717) is 18.2 Å². The van der Waals surface area contributed by atoms with E-state index >= 15 is 0 Å². The fourth-order valence-corrected chi connectivity index (χ4v) is 2.08. The Hall–Kier alpha value is -0.120. The van der Waals surface area contributed by atoms with Crippen molar-refractivity contribution in [3.05, 3.63) is 0 Å². The van der Waals surface area contributed by atoms with Gasteiger partial charge >= 0.3 is 0 Å². The van der Waals surface area contributed by atoms with Crippen molar-refractivity contribution in [3.63, 3.8) is 0 Å². The number of hydrogen-bond donors (Lipinski definition) is 1. The Morgan fingerprint density at radius 2 is 2.00 bits per heavy atom. The monoisotopic (exact) mass is 229 g/mol. The van der Waals surface area contributed by atoms with Gasteiger partial charge in [0, 0.05) is 6.04 Å². The van der Waals surface area contributed by atoms with E-state index in [9.17, 15) is 0 Å². The van der Waals surface area contributed by atoms with Crippen LogP contribution in [0.1, 0.15) is 46.5 Å². The zero-order valence-electron chi connectivity index (χ0n) is 11.0. The minimum absolute atomic E-state index is 0.340. The van der Waals surface area contributed by atoms with Crippen molar-refractivity contribution < 1.29 is 9.47 Å². The van der Waals surface area contributed by atoms with Crippen LogP contribution in [0.15, 0.2) is 0 Å². The standard InChI is InChI=1S/C13H27NO2/c1-4-7-12(14-8-5-2)13(6-3)16-11-9-15-10-11/h11-14H,4-10H2,1-3H3. The molecular formula is C13H27NO2. The number of hydrogen-bond acceptors (Lipinski definition) is 3. The molecule has 2 unspecified atom stereocenters. The Balaban J connectivity index is 2.35. The van der Waals surface area contributed by atoms with Gasteiger partial charge in [0.15, 0.2) is 0 Å². The van der Waals surface area contributed by atoms with Gasteiger partial charge in [0.2, 0.25) is 0 Å². The summed E-state index contributed by atoms with van der Waals surface area (Å²) in [6, 6.07) is 0.510. The van der Waals surface area contributed by atoms with Gasteiger partial charge in [0.05, 0.1) is 19.3 Å². The Kier molecular flexibility index (Phi) is 7.01. The first kappa shape index (κ1) is 13.9. The molecule has 1 rings (SSSR count). The first-order valence-electron chi connectivity index (χ1n) is 6.78. The second kappa shape index (κ2) is 8.04. The van der Waals surface area contributed by atoms with Crippen LogP contribution in [0.5, 0.6) is 0 Å². The molecule has 0 aliphatic carbocycles. The summed E-state index contributed by atoms with van der Waals surface area (Å²) in [6.45, 7) is 9.30. The van der Waals surface area contributed by atoms with E-state index in [1.54, 1.807) is 0 Å². The lowest BCUT2D eigenvalue weighted by atomic mass is 10.0. The van der Waals surface area contributed by atoms with E-state index in [1.165, 1.54) is 19.3 Å². The normalized spacial score (nSPS) is 20.4. The fraction of sp³-hybridized carbons (Fsp3) is 1.00. The summed E-state index contributed by atoms with van der Waals surface area (Å²) in [5.74, 6) is 0. The van der Waals surface area contributed by atoms with E-state index < -0.39 is 0 Å². The minimum atomic E-state index is 0.340. The van der Waals surface area contributed by atoms with Crippen LogP contribution in [0.4, 0.5) is 0 Å². The third kappa shape index (κ3) is 4.40. The highest BCUT2D eigenvalue weighted by atomic mass is 16.6. The van der Waals surface area contributed by atoms with Crippen molar-refractivity contribution in [2.75, 3.05) is 19.8 Å². The van der Waals surface area contributed by atoms with Crippen molar-refractivity contribution >= 4 is 0 Å². The van der Waals surface area contributed by atoms with Crippen molar-refractivity contribution in [1.29, 1.82) is 0 Å². The molecule has 1 N–H and O–H groups in total. The molecule has 1 aliphatic rings. The quantitative estimate of drug-likeness (QED) is 0.658.